The number of ether oxygens (including phenoxy) is 2. The molecule has 236 valence electrons. The largest absolute Gasteiger partial charge is 0.394 e. The fourth-order valence-corrected chi connectivity index (χ4v) is 10.8. The molecule has 0 radical (unpaired) electrons. The molecule has 9 nitrogen and oxygen atoms in total. The third-order valence-corrected chi connectivity index (χ3v) is 13.1. The Morgan fingerprint density at radius 3 is 2.40 bits per heavy atom. The van der Waals surface area contributed by atoms with Crippen molar-refractivity contribution in [3.63, 3.8) is 0 Å². The van der Waals surface area contributed by atoms with Gasteiger partial charge in [-0.15, -0.1) is 0 Å². The summed E-state index contributed by atoms with van der Waals surface area (Å²) >= 11 is 0. The molecular weight excluding hydrogens is 538 g/mol. The number of Topliss-reactive ketones (excluding diaryl/α,β-unsaturated/α-hetero) is 2. The quantitative estimate of drug-likeness (QED) is 0.358. The van der Waals surface area contributed by atoms with Crippen LogP contribution in [0.1, 0.15) is 85.5 Å². The van der Waals surface area contributed by atoms with E-state index in [1.807, 2.05) is 0 Å². The van der Waals surface area contributed by atoms with Gasteiger partial charge in [0.25, 0.3) is 0 Å². The van der Waals surface area contributed by atoms with Crippen molar-refractivity contribution in [3.05, 3.63) is 0 Å². The highest BCUT2D eigenvalue weighted by atomic mass is 16.7. The molecule has 9 heteroatoms. The summed E-state index contributed by atoms with van der Waals surface area (Å²) < 4.78 is 11.7. The smallest absolute Gasteiger partial charge is 0.186 e. The molecule has 2 heterocycles. The molecule has 2 aliphatic heterocycles. The van der Waals surface area contributed by atoms with Crippen LogP contribution in [0.4, 0.5) is 0 Å². The molecule has 15 atom stereocenters. The molecule has 0 aromatic carbocycles. The average molecular weight is 590 g/mol. The fraction of sp³-hybridized carbons (Fsp3) is 0.909. The molecule has 4 aliphatic carbocycles. The molecule has 42 heavy (non-hydrogen) atoms. The summed E-state index contributed by atoms with van der Waals surface area (Å²) in [6, 6.07) is 0. The minimum Gasteiger partial charge on any atom is -0.394 e. The molecule has 0 aromatic rings. The van der Waals surface area contributed by atoms with Crippen LogP contribution in [0.15, 0.2) is 4.99 Å². The number of ketones is 2. The summed E-state index contributed by atoms with van der Waals surface area (Å²) in [5, 5.41) is 40.3. The number of aliphatic hydroxyl groups excluding tert-OH is 4. The van der Waals surface area contributed by atoms with E-state index in [1.54, 1.807) is 0 Å². The van der Waals surface area contributed by atoms with Gasteiger partial charge < -0.3 is 29.9 Å². The number of aliphatic imine (C=N–C) groups is 1. The second-order valence-electron chi connectivity index (χ2n) is 15.3. The summed E-state index contributed by atoms with van der Waals surface area (Å²) in [7, 11) is 0. The van der Waals surface area contributed by atoms with E-state index in [2.05, 4.69) is 27.7 Å². The van der Waals surface area contributed by atoms with Gasteiger partial charge >= 0.3 is 0 Å². The number of hydrogen-bond donors (Lipinski definition) is 4. The maximum absolute atomic E-state index is 13.9. The number of aliphatic hydroxyl groups is 4. The average Bonchev–Trinajstić information content (AvgIpc) is 3.31. The van der Waals surface area contributed by atoms with Crippen LogP contribution in [0.2, 0.25) is 0 Å². The van der Waals surface area contributed by atoms with Gasteiger partial charge in [0.15, 0.2) is 12.1 Å². The topological polar surface area (TPSA) is 146 Å². The summed E-state index contributed by atoms with van der Waals surface area (Å²) in [6.07, 6.45) is 0.907. The van der Waals surface area contributed by atoms with Crippen molar-refractivity contribution in [2.45, 2.75) is 122 Å². The third-order valence-electron chi connectivity index (χ3n) is 13.1. The van der Waals surface area contributed by atoms with Gasteiger partial charge in [0.05, 0.1) is 18.4 Å². The Morgan fingerprint density at radius 2 is 1.69 bits per heavy atom. The van der Waals surface area contributed by atoms with E-state index in [1.165, 1.54) is 0 Å². The normalized spacial score (nSPS) is 51.8. The van der Waals surface area contributed by atoms with Crippen LogP contribution in [0.25, 0.3) is 0 Å². The SMILES string of the molecule is C[C@H]1CN=C([C@@H](C)[C@H]2CC[C@@H]3[C@@H]4CC(=O)[C@H]5C[C@@H](O[C@H]6O[C@@H](CO)[C@H](O)[C@@H](O)[C@@H]6O)CC[C@]5(C)[C@H]4CC[C@@]32C)C(=O)C1. The van der Waals surface area contributed by atoms with E-state index in [4.69, 9.17) is 14.5 Å². The summed E-state index contributed by atoms with van der Waals surface area (Å²) in [6.45, 7) is 9.31. The first-order valence-electron chi connectivity index (χ1n) is 16.4. The Kier molecular flexibility index (Phi) is 8.27. The van der Waals surface area contributed by atoms with Gasteiger partial charge in [0.2, 0.25) is 0 Å². The maximum atomic E-state index is 13.9. The van der Waals surface area contributed by atoms with Crippen molar-refractivity contribution in [3.8, 4) is 0 Å². The second-order valence-corrected chi connectivity index (χ2v) is 15.3. The van der Waals surface area contributed by atoms with Crippen LogP contribution in [-0.4, -0.2) is 87.7 Å². The van der Waals surface area contributed by atoms with Crippen molar-refractivity contribution >= 4 is 17.3 Å². The van der Waals surface area contributed by atoms with Crippen LogP contribution >= 0.6 is 0 Å². The second kappa shape index (κ2) is 11.3. The van der Waals surface area contributed by atoms with Crippen molar-refractivity contribution in [1.29, 1.82) is 0 Å². The number of carbonyl (C=O) groups is 2. The van der Waals surface area contributed by atoms with Crippen LogP contribution in [0, 0.1) is 52.3 Å². The van der Waals surface area contributed by atoms with Crippen molar-refractivity contribution < 1.29 is 39.5 Å². The Morgan fingerprint density at radius 1 is 0.976 bits per heavy atom. The Bertz CT molecular complexity index is 1090. The van der Waals surface area contributed by atoms with E-state index in [0.29, 0.717) is 54.6 Å². The minimum atomic E-state index is -1.48. The van der Waals surface area contributed by atoms with Crippen molar-refractivity contribution in [1.82, 2.24) is 0 Å². The first kappa shape index (κ1) is 30.8. The molecule has 6 rings (SSSR count). The molecule has 4 N–H and O–H groups in total. The summed E-state index contributed by atoms with van der Waals surface area (Å²) in [5.74, 6) is 2.63. The zero-order valence-corrected chi connectivity index (χ0v) is 25.7. The highest BCUT2D eigenvalue weighted by Crippen LogP contribution is 2.68. The standard InChI is InChI=1S/C33H51NO8/c1-16-11-25(37)27(34-14-16)17(2)20-5-6-21-19-13-24(36)23-12-18(7-9-33(23,4)22(19)8-10-32(20,21)3)41-31-30(40)29(39)28(38)26(15-35)42-31/h16-23,26,28-31,35,38-40H,5-15H2,1-4H3/t16-,17+,18+,19+,20-,21-,22+,23-,26+,28+,29-,30+,31+,32-,33-/m1/s1. The lowest BCUT2D eigenvalue weighted by Crippen LogP contribution is -2.61. The van der Waals surface area contributed by atoms with Gasteiger partial charge in [0.1, 0.15) is 30.2 Å². The lowest BCUT2D eigenvalue weighted by molar-refractivity contribution is -0.315. The van der Waals surface area contributed by atoms with E-state index in [9.17, 15) is 30.0 Å². The van der Waals surface area contributed by atoms with Crippen LogP contribution in [0.3, 0.4) is 0 Å². The molecule has 4 saturated carbocycles. The lowest BCUT2D eigenvalue weighted by Gasteiger charge is -2.60. The molecule has 6 aliphatic rings. The Labute approximate surface area is 249 Å². The summed E-state index contributed by atoms with van der Waals surface area (Å²) in [5.41, 5.74) is 0.811. The number of rotatable bonds is 5. The third kappa shape index (κ3) is 4.85. The zero-order valence-electron chi connectivity index (χ0n) is 25.7. The lowest BCUT2D eigenvalue weighted by atomic mass is 9.44. The summed E-state index contributed by atoms with van der Waals surface area (Å²) in [4.78, 5) is 31.6. The predicted molar refractivity (Wildman–Crippen MR) is 155 cm³/mol. The van der Waals surface area contributed by atoms with Crippen molar-refractivity contribution in [2.24, 2.45) is 57.2 Å². The van der Waals surface area contributed by atoms with Gasteiger partial charge in [-0.2, -0.15) is 0 Å². The van der Waals surface area contributed by atoms with Crippen LogP contribution in [0.5, 0.6) is 0 Å². The molecule has 5 fully saturated rings. The van der Waals surface area contributed by atoms with E-state index in [-0.39, 0.29) is 34.6 Å². The first-order valence-corrected chi connectivity index (χ1v) is 16.4. The monoisotopic (exact) mass is 589 g/mol. The molecule has 0 aromatic heterocycles. The highest BCUT2D eigenvalue weighted by Gasteiger charge is 2.63. The number of fused-ring (bicyclic) bond motifs is 5. The van der Waals surface area contributed by atoms with Gasteiger partial charge in [-0.3, -0.25) is 14.6 Å². The molecule has 0 amide bonds. The predicted octanol–water partition coefficient (Wildman–Crippen LogP) is 2.70. The van der Waals surface area contributed by atoms with Gasteiger partial charge in [-0.05, 0) is 85.4 Å². The van der Waals surface area contributed by atoms with E-state index >= 15 is 0 Å². The number of nitrogens with zero attached hydrogens (tertiary/aromatic N) is 1. The van der Waals surface area contributed by atoms with Gasteiger partial charge in [-0.1, -0.05) is 27.7 Å². The molecule has 1 saturated heterocycles. The van der Waals surface area contributed by atoms with Crippen LogP contribution < -0.4 is 0 Å². The molecule has 0 unspecified atom stereocenters. The minimum absolute atomic E-state index is 0.110. The maximum Gasteiger partial charge on any atom is 0.186 e. The Balaban J connectivity index is 1.15. The first-order chi connectivity index (χ1) is 19.9. The van der Waals surface area contributed by atoms with Crippen molar-refractivity contribution in [2.75, 3.05) is 13.2 Å². The van der Waals surface area contributed by atoms with E-state index in [0.717, 1.165) is 50.8 Å². The molecule has 0 bridgehead atoms. The van der Waals surface area contributed by atoms with Crippen LogP contribution in [-0.2, 0) is 19.1 Å². The number of hydrogen-bond acceptors (Lipinski definition) is 9. The number of carbonyl (C=O) groups excluding carboxylic acids is 2. The van der Waals surface area contributed by atoms with Gasteiger partial charge in [0, 0.05) is 31.2 Å². The molecular formula is C33H51NO8. The fourth-order valence-electron chi connectivity index (χ4n) is 10.8. The Hall–Kier alpha value is -1.23. The zero-order chi connectivity index (χ0) is 30.1. The molecule has 0 spiro atoms. The van der Waals surface area contributed by atoms with Gasteiger partial charge in [-0.25, -0.2) is 0 Å². The highest BCUT2D eigenvalue weighted by molar-refractivity contribution is 6.41. The van der Waals surface area contributed by atoms with E-state index < -0.39 is 37.3 Å².